The summed E-state index contributed by atoms with van der Waals surface area (Å²) in [5, 5.41) is 14.3. The molecule has 0 saturated heterocycles. The lowest BCUT2D eigenvalue weighted by Crippen LogP contribution is -2.28. The second-order valence-corrected chi connectivity index (χ2v) is 6.83. The van der Waals surface area contributed by atoms with Crippen LogP contribution in [0.4, 0.5) is 0 Å². The molecule has 0 unspecified atom stereocenters. The third kappa shape index (κ3) is 3.75. The summed E-state index contributed by atoms with van der Waals surface area (Å²) in [7, 11) is 0. The number of amides is 1. The number of hydrogen-bond donors (Lipinski definition) is 2. The minimum Gasteiger partial charge on any atom is -0.355 e. The molecule has 1 aromatic carbocycles. The Morgan fingerprint density at radius 2 is 2.12 bits per heavy atom. The van der Waals surface area contributed by atoms with Crippen LogP contribution in [-0.2, 0) is 17.6 Å². The number of aromatic amines is 1. The lowest BCUT2D eigenvalue weighted by molar-refractivity contribution is -0.120. The number of carbonyl (C=O) groups excluding carboxylic acids is 1. The van der Waals surface area contributed by atoms with E-state index >= 15 is 0 Å². The molecule has 0 spiro atoms. The Hall–Kier alpha value is -2.74. The van der Waals surface area contributed by atoms with Gasteiger partial charge in [-0.2, -0.15) is 10.2 Å². The topological polar surface area (TPSA) is 80.5 Å². The molecule has 2 aromatic heterocycles. The number of hydrogen-bond acceptors (Lipinski definition) is 4. The highest BCUT2D eigenvalue weighted by Gasteiger charge is 2.26. The van der Waals surface area contributed by atoms with Crippen LogP contribution in [0.15, 0.2) is 42.7 Å². The van der Waals surface area contributed by atoms with Gasteiger partial charge in [-0.3, -0.25) is 9.89 Å². The highest BCUT2D eigenvalue weighted by atomic mass is 32.1. The second kappa shape index (κ2) is 7.25. The van der Waals surface area contributed by atoms with E-state index < -0.39 is 0 Å². The van der Waals surface area contributed by atoms with Gasteiger partial charge < -0.3 is 9.88 Å². The lowest BCUT2D eigenvalue weighted by Gasteiger charge is -2.07. The van der Waals surface area contributed by atoms with E-state index in [-0.39, 0.29) is 5.91 Å². The maximum atomic E-state index is 12.2. The van der Waals surface area contributed by atoms with Crippen LogP contribution in [-0.4, -0.2) is 37.0 Å². The van der Waals surface area contributed by atoms with Crippen molar-refractivity contribution in [3.63, 3.8) is 0 Å². The Kier molecular flexibility index (Phi) is 4.66. The van der Waals surface area contributed by atoms with Crippen LogP contribution in [0, 0.1) is 4.77 Å². The molecule has 1 saturated carbocycles. The lowest BCUT2D eigenvalue weighted by atomic mass is 10.1. The van der Waals surface area contributed by atoms with Gasteiger partial charge in [0.15, 0.2) is 4.77 Å². The molecule has 0 aliphatic heterocycles. The number of benzene rings is 1. The number of nitrogens with one attached hydrogen (secondary N) is 2. The molecule has 1 aliphatic rings. The quantitative estimate of drug-likeness (QED) is 0.628. The predicted octanol–water partition coefficient (Wildman–Crippen LogP) is 2.36. The van der Waals surface area contributed by atoms with Crippen LogP contribution in [0.3, 0.4) is 0 Å². The third-order valence-corrected chi connectivity index (χ3v) is 4.72. The first-order chi connectivity index (χ1) is 12.7. The fraction of sp³-hybridized carbons (Fsp3) is 0.333. The average Bonchev–Trinajstić information content (AvgIpc) is 3.17. The van der Waals surface area contributed by atoms with Crippen molar-refractivity contribution in [2.24, 2.45) is 0 Å². The molecule has 2 N–H and O–H groups in total. The summed E-state index contributed by atoms with van der Waals surface area (Å²) in [4.78, 5) is 12.2. The standard InChI is InChI=1S/C18H20N6OS/c25-17(12-13-2-4-14(5-3-13)23-11-1-9-20-23)19-10-8-16-21-22-18(26)24(16)15-6-7-15/h1-5,9,11,15H,6-8,10,12H2,(H,19,25)(H,22,26). The fourth-order valence-electron chi connectivity index (χ4n) is 2.97. The zero-order chi connectivity index (χ0) is 17.9. The molecule has 8 heteroatoms. The van der Waals surface area contributed by atoms with Gasteiger partial charge in [0.25, 0.3) is 0 Å². The molecular weight excluding hydrogens is 348 g/mol. The van der Waals surface area contributed by atoms with Crippen LogP contribution in [0.1, 0.15) is 30.3 Å². The van der Waals surface area contributed by atoms with Gasteiger partial charge in [-0.25, -0.2) is 4.68 Å². The molecule has 4 rings (SSSR count). The first-order valence-electron chi connectivity index (χ1n) is 8.72. The Bertz CT molecular complexity index is 937. The van der Waals surface area contributed by atoms with Gasteiger partial charge in [0.2, 0.25) is 5.91 Å². The Balaban J connectivity index is 1.28. The van der Waals surface area contributed by atoms with Crippen molar-refractivity contribution in [1.82, 2.24) is 29.9 Å². The molecule has 0 atom stereocenters. The van der Waals surface area contributed by atoms with Gasteiger partial charge in [-0.05, 0) is 48.8 Å². The normalized spacial score (nSPS) is 13.7. The number of carbonyl (C=O) groups is 1. The molecule has 1 aliphatic carbocycles. The molecule has 134 valence electrons. The van der Waals surface area contributed by atoms with Crippen molar-refractivity contribution in [1.29, 1.82) is 0 Å². The van der Waals surface area contributed by atoms with E-state index in [0.29, 0.717) is 30.2 Å². The summed E-state index contributed by atoms with van der Waals surface area (Å²) >= 11 is 5.27. The Labute approximate surface area is 156 Å². The Morgan fingerprint density at radius 3 is 2.81 bits per heavy atom. The monoisotopic (exact) mass is 368 g/mol. The first kappa shape index (κ1) is 16.7. The first-order valence-corrected chi connectivity index (χ1v) is 9.13. The smallest absolute Gasteiger partial charge is 0.224 e. The van der Waals surface area contributed by atoms with Crippen LogP contribution >= 0.6 is 12.2 Å². The molecule has 1 amide bonds. The summed E-state index contributed by atoms with van der Waals surface area (Å²) in [6.07, 6.45) is 6.97. The van der Waals surface area contributed by atoms with Crippen LogP contribution in [0.2, 0.25) is 0 Å². The van der Waals surface area contributed by atoms with E-state index in [1.54, 1.807) is 10.9 Å². The molecule has 1 fully saturated rings. The fourth-order valence-corrected chi connectivity index (χ4v) is 3.27. The minimum atomic E-state index is 0.00365. The molecule has 0 radical (unpaired) electrons. The van der Waals surface area contributed by atoms with Crippen LogP contribution in [0.25, 0.3) is 5.69 Å². The maximum absolute atomic E-state index is 12.2. The van der Waals surface area contributed by atoms with Crippen molar-refractivity contribution >= 4 is 18.1 Å². The SMILES string of the molecule is O=C(Cc1ccc(-n2cccn2)cc1)NCCc1n[nH]c(=S)n1C1CC1. The van der Waals surface area contributed by atoms with Gasteiger partial charge in [-0.15, -0.1) is 0 Å². The zero-order valence-electron chi connectivity index (χ0n) is 14.3. The Morgan fingerprint density at radius 1 is 1.31 bits per heavy atom. The van der Waals surface area contributed by atoms with Crippen molar-refractivity contribution < 1.29 is 4.79 Å². The molecule has 0 bridgehead atoms. The summed E-state index contributed by atoms with van der Waals surface area (Å²) in [5.74, 6) is 0.922. The summed E-state index contributed by atoms with van der Waals surface area (Å²) in [6.45, 7) is 0.552. The highest BCUT2D eigenvalue weighted by Crippen LogP contribution is 2.35. The van der Waals surface area contributed by atoms with E-state index in [2.05, 4.69) is 25.2 Å². The number of rotatable bonds is 7. The number of aromatic nitrogens is 5. The molecule has 7 nitrogen and oxygen atoms in total. The highest BCUT2D eigenvalue weighted by molar-refractivity contribution is 7.71. The van der Waals surface area contributed by atoms with Crippen molar-refractivity contribution in [3.05, 3.63) is 58.9 Å². The van der Waals surface area contributed by atoms with E-state index in [0.717, 1.165) is 29.9 Å². The van der Waals surface area contributed by atoms with E-state index in [1.165, 1.54) is 0 Å². The molecular formula is C18H20N6OS. The zero-order valence-corrected chi connectivity index (χ0v) is 15.1. The summed E-state index contributed by atoms with van der Waals surface area (Å²) < 4.78 is 4.54. The molecule has 26 heavy (non-hydrogen) atoms. The van der Waals surface area contributed by atoms with Crippen LogP contribution < -0.4 is 5.32 Å². The van der Waals surface area contributed by atoms with Crippen molar-refractivity contribution in [3.8, 4) is 5.69 Å². The molecule has 2 heterocycles. The van der Waals surface area contributed by atoms with Gasteiger partial charge in [0.1, 0.15) is 5.82 Å². The maximum Gasteiger partial charge on any atom is 0.224 e. The van der Waals surface area contributed by atoms with Crippen LogP contribution in [0.5, 0.6) is 0 Å². The predicted molar refractivity (Wildman–Crippen MR) is 99.7 cm³/mol. The average molecular weight is 368 g/mol. The minimum absolute atomic E-state index is 0.00365. The molecule has 3 aromatic rings. The second-order valence-electron chi connectivity index (χ2n) is 6.44. The summed E-state index contributed by atoms with van der Waals surface area (Å²) in [6, 6.07) is 10.2. The van der Waals surface area contributed by atoms with Gasteiger partial charge >= 0.3 is 0 Å². The third-order valence-electron chi connectivity index (χ3n) is 4.43. The van der Waals surface area contributed by atoms with Gasteiger partial charge in [0.05, 0.1) is 12.1 Å². The van der Waals surface area contributed by atoms with E-state index in [4.69, 9.17) is 12.2 Å². The summed E-state index contributed by atoms with van der Waals surface area (Å²) in [5.41, 5.74) is 1.95. The largest absolute Gasteiger partial charge is 0.355 e. The number of nitrogens with zero attached hydrogens (tertiary/aromatic N) is 4. The van der Waals surface area contributed by atoms with Crippen molar-refractivity contribution in [2.45, 2.75) is 31.7 Å². The van der Waals surface area contributed by atoms with Gasteiger partial charge in [0, 0.05) is 31.4 Å². The van der Waals surface area contributed by atoms with E-state index in [9.17, 15) is 4.79 Å². The van der Waals surface area contributed by atoms with E-state index in [1.807, 2.05) is 36.5 Å². The van der Waals surface area contributed by atoms with Crippen molar-refractivity contribution in [2.75, 3.05) is 6.54 Å². The number of H-pyrrole nitrogens is 1. The van der Waals surface area contributed by atoms with Gasteiger partial charge in [-0.1, -0.05) is 12.1 Å².